The molecule has 1 aromatic heterocycles. The van der Waals surface area contributed by atoms with E-state index in [9.17, 15) is 4.79 Å². The first-order valence-corrected chi connectivity index (χ1v) is 9.75. The van der Waals surface area contributed by atoms with Crippen molar-refractivity contribution in [1.29, 1.82) is 0 Å². The first kappa shape index (κ1) is 18.5. The highest BCUT2D eigenvalue weighted by Crippen LogP contribution is 2.21. The van der Waals surface area contributed by atoms with Crippen LogP contribution in [0.3, 0.4) is 0 Å². The number of para-hydroxylation sites is 2. The Morgan fingerprint density at radius 1 is 1.00 bits per heavy atom. The zero-order valence-electron chi connectivity index (χ0n) is 14.6. The van der Waals surface area contributed by atoms with Crippen molar-refractivity contribution in [3.8, 4) is 0 Å². The van der Waals surface area contributed by atoms with Crippen LogP contribution in [0.2, 0.25) is 5.02 Å². The number of halogens is 2. The summed E-state index contributed by atoms with van der Waals surface area (Å²) in [6, 6.07) is 22.5. The monoisotopic (exact) mass is 451 g/mol. The molecule has 0 saturated carbocycles. The summed E-state index contributed by atoms with van der Waals surface area (Å²) < 4.78 is 0.982. The van der Waals surface area contributed by atoms with Crippen molar-refractivity contribution in [2.45, 2.75) is 0 Å². The van der Waals surface area contributed by atoms with E-state index in [4.69, 9.17) is 11.6 Å². The van der Waals surface area contributed by atoms with Crippen LogP contribution in [0.25, 0.3) is 22.8 Å². The molecule has 4 rings (SSSR count). The molecule has 0 atom stereocenters. The van der Waals surface area contributed by atoms with E-state index in [1.165, 1.54) is 0 Å². The van der Waals surface area contributed by atoms with Crippen LogP contribution in [0.4, 0.5) is 0 Å². The second kappa shape index (κ2) is 8.00. The van der Waals surface area contributed by atoms with Gasteiger partial charge in [-0.1, -0.05) is 63.9 Å². The standard InChI is InChI=1S/C22H15BrClN3O/c23-15-11-9-14(10-12-15)13-20(21-25-18-7-3-4-8-19(18)26-21)27-22(28)16-5-1-2-6-17(16)24/h1-13H,(H,25,26)(H,27,28)/b20-13-. The smallest absolute Gasteiger partial charge is 0.257 e. The van der Waals surface area contributed by atoms with Crippen LogP contribution in [0.1, 0.15) is 21.7 Å². The van der Waals surface area contributed by atoms with E-state index in [1.807, 2.05) is 54.6 Å². The van der Waals surface area contributed by atoms with Gasteiger partial charge in [-0.25, -0.2) is 4.98 Å². The highest BCUT2D eigenvalue weighted by atomic mass is 79.9. The molecule has 1 heterocycles. The molecule has 0 unspecified atom stereocenters. The summed E-state index contributed by atoms with van der Waals surface area (Å²) in [6.07, 6.45) is 1.87. The number of amides is 1. The summed E-state index contributed by atoms with van der Waals surface area (Å²) in [7, 11) is 0. The number of imidazole rings is 1. The van der Waals surface area contributed by atoms with Crippen LogP contribution in [0.15, 0.2) is 77.3 Å². The maximum atomic E-state index is 12.8. The summed E-state index contributed by atoms with van der Waals surface area (Å²) in [5, 5.41) is 3.34. The van der Waals surface area contributed by atoms with Gasteiger partial charge in [0.15, 0.2) is 5.82 Å². The molecule has 4 aromatic rings. The van der Waals surface area contributed by atoms with Gasteiger partial charge in [0.1, 0.15) is 0 Å². The number of nitrogens with zero attached hydrogens (tertiary/aromatic N) is 1. The number of aromatic nitrogens is 2. The van der Waals surface area contributed by atoms with Crippen molar-refractivity contribution in [1.82, 2.24) is 15.3 Å². The van der Waals surface area contributed by atoms with Crippen LogP contribution in [-0.2, 0) is 0 Å². The van der Waals surface area contributed by atoms with Crippen LogP contribution >= 0.6 is 27.5 Å². The van der Waals surface area contributed by atoms with Gasteiger partial charge in [0.25, 0.3) is 5.91 Å². The third-order valence-corrected chi connectivity index (χ3v) is 5.05. The van der Waals surface area contributed by atoms with Crippen LogP contribution in [0, 0.1) is 0 Å². The minimum absolute atomic E-state index is 0.297. The summed E-state index contributed by atoms with van der Waals surface area (Å²) in [6.45, 7) is 0. The Labute approximate surface area is 175 Å². The summed E-state index contributed by atoms with van der Waals surface area (Å²) in [4.78, 5) is 20.7. The Balaban J connectivity index is 1.75. The quantitative estimate of drug-likeness (QED) is 0.404. The second-order valence-corrected chi connectivity index (χ2v) is 7.47. The van der Waals surface area contributed by atoms with Crippen molar-refractivity contribution in [3.05, 3.63) is 99.2 Å². The van der Waals surface area contributed by atoms with Crippen molar-refractivity contribution < 1.29 is 4.79 Å². The fourth-order valence-electron chi connectivity index (χ4n) is 2.80. The number of carbonyl (C=O) groups is 1. The molecular weight excluding hydrogens is 438 g/mol. The fourth-order valence-corrected chi connectivity index (χ4v) is 3.29. The van der Waals surface area contributed by atoms with Gasteiger partial charge in [-0.15, -0.1) is 0 Å². The van der Waals surface area contributed by atoms with Gasteiger partial charge in [0, 0.05) is 4.47 Å². The third-order valence-electron chi connectivity index (χ3n) is 4.19. The van der Waals surface area contributed by atoms with Gasteiger partial charge in [-0.2, -0.15) is 0 Å². The zero-order chi connectivity index (χ0) is 19.5. The zero-order valence-corrected chi connectivity index (χ0v) is 17.0. The Hall–Kier alpha value is -2.89. The largest absolute Gasteiger partial charge is 0.337 e. The van der Waals surface area contributed by atoms with Gasteiger partial charge in [0.05, 0.1) is 27.3 Å². The first-order valence-electron chi connectivity index (χ1n) is 8.58. The lowest BCUT2D eigenvalue weighted by Crippen LogP contribution is -2.22. The maximum Gasteiger partial charge on any atom is 0.257 e. The van der Waals surface area contributed by atoms with Crippen LogP contribution < -0.4 is 5.32 Å². The lowest BCUT2D eigenvalue weighted by molar-refractivity contribution is 0.0974. The average Bonchev–Trinajstić information content (AvgIpc) is 3.13. The number of rotatable bonds is 4. The molecule has 138 valence electrons. The van der Waals surface area contributed by atoms with Crippen LogP contribution in [0.5, 0.6) is 0 Å². The van der Waals surface area contributed by atoms with Crippen molar-refractivity contribution in [2.75, 3.05) is 0 Å². The van der Waals surface area contributed by atoms with E-state index in [0.717, 1.165) is 21.1 Å². The molecule has 0 spiro atoms. The Morgan fingerprint density at radius 3 is 2.46 bits per heavy atom. The van der Waals surface area contributed by atoms with Gasteiger partial charge in [-0.05, 0) is 48.0 Å². The van der Waals surface area contributed by atoms with Crippen molar-refractivity contribution in [3.63, 3.8) is 0 Å². The van der Waals surface area contributed by atoms with E-state index in [2.05, 4.69) is 31.2 Å². The molecule has 0 fully saturated rings. The van der Waals surface area contributed by atoms with Gasteiger partial charge in [0.2, 0.25) is 0 Å². The minimum atomic E-state index is -0.297. The molecule has 1 amide bonds. The van der Waals surface area contributed by atoms with Gasteiger partial charge >= 0.3 is 0 Å². The fraction of sp³-hybridized carbons (Fsp3) is 0. The molecular formula is C22H15BrClN3O. The molecule has 0 radical (unpaired) electrons. The number of hydrogen-bond acceptors (Lipinski definition) is 2. The van der Waals surface area contributed by atoms with E-state index in [0.29, 0.717) is 22.1 Å². The molecule has 0 aliphatic rings. The molecule has 3 aromatic carbocycles. The Bertz CT molecular complexity index is 1150. The molecule has 0 bridgehead atoms. The number of carbonyl (C=O) groups excluding carboxylic acids is 1. The topological polar surface area (TPSA) is 57.8 Å². The van der Waals surface area contributed by atoms with Crippen molar-refractivity contribution >= 4 is 56.2 Å². The van der Waals surface area contributed by atoms with E-state index >= 15 is 0 Å². The molecule has 28 heavy (non-hydrogen) atoms. The Morgan fingerprint density at radius 2 is 1.71 bits per heavy atom. The third kappa shape index (κ3) is 4.01. The Kier molecular flexibility index (Phi) is 5.28. The van der Waals surface area contributed by atoms with E-state index in [1.54, 1.807) is 24.3 Å². The van der Waals surface area contributed by atoms with Gasteiger partial charge in [-0.3, -0.25) is 4.79 Å². The summed E-state index contributed by atoms with van der Waals surface area (Å²) >= 11 is 9.62. The predicted molar refractivity (Wildman–Crippen MR) is 117 cm³/mol. The molecule has 4 nitrogen and oxygen atoms in total. The van der Waals surface area contributed by atoms with E-state index < -0.39 is 0 Å². The normalized spacial score (nSPS) is 11.6. The van der Waals surface area contributed by atoms with Gasteiger partial charge < -0.3 is 10.3 Å². The lowest BCUT2D eigenvalue weighted by Gasteiger charge is -2.09. The highest BCUT2D eigenvalue weighted by molar-refractivity contribution is 9.10. The van der Waals surface area contributed by atoms with E-state index in [-0.39, 0.29) is 5.91 Å². The number of benzene rings is 3. The summed E-state index contributed by atoms with van der Waals surface area (Å²) in [5.41, 5.74) is 3.61. The highest BCUT2D eigenvalue weighted by Gasteiger charge is 2.15. The number of fused-ring (bicyclic) bond motifs is 1. The maximum absolute atomic E-state index is 12.8. The summed E-state index contributed by atoms with van der Waals surface area (Å²) in [5.74, 6) is 0.277. The van der Waals surface area contributed by atoms with Crippen LogP contribution in [-0.4, -0.2) is 15.9 Å². The molecule has 0 saturated heterocycles. The van der Waals surface area contributed by atoms with Crippen molar-refractivity contribution in [2.24, 2.45) is 0 Å². The molecule has 2 N–H and O–H groups in total. The first-order chi connectivity index (χ1) is 13.6. The number of hydrogen-bond donors (Lipinski definition) is 2. The SMILES string of the molecule is O=C(N/C(=C\c1ccc(Br)cc1)c1nc2ccccc2[nH]1)c1ccccc1Cl. The number of H-pyrrole nitrogens is 1. The number of nitrogens with one attached hydrogen (secondary N) is 2. The minimum Gasteiger partial charge on any atom is -0.337 e. The molecule has 0 aliphatic heterocycles. The molecule has 0 aliphatic carbocycles. The molecule has 6 heteroatoms. The second-order valence-electron chi connectivity index (χ2n) is 6.15. The number of aromatic amines is 1. The predicted octanol–water partition coefficient (Wildman–Crippen LogP) is 5.91. The average molecular weight is 453 g/mol. The lowest BCUT2D eigenvalue weighted by atomic mass is 10.1.